The SMILES string of the molecule is CCCCCCCCCCCCCCCCCCOCC(COP(=O)(O)OCC[N+](C)(C)C)OC(=O)N1CCCCC1. The van der Waals surface area contributed by atoms with Crippen LogP contribution in [0.25, 0.3) is 0 Å². The van der Waals surface area contributed by atoms with Crippen molar-refractivity contribution in [2.75, 3.05) is 67.2 Å². The fourth-order valence-electron chi connectivity index (χ4n) is 5.02. The summed E-state index contributed by atoms with van der Waals surface area (Å²) in [5.74, 6) is 0. The largest absolute Gasteiger partial charge is 0.472 e. The first-order chi connectivity index (χ1) is 20.1. The number of hydrogen-bond donors (Lipinski definition) is 1. The number of nitrogens with zero attached hydrogens (tertiary/aromatic N) is 2. The summed E-state index contributed by atoms with van der Waals surface area (Å²) in [5.41, 5.74) is 0. The molecule has 250 valence electrons. The molecule has 1 rings (SSSR count). The molecular formula is C32H66N2O7P+. The molecule has 1 N–H and O–H groups in total. The minimum Gasteiger partial charge on any atom is -0.441 e. The standard InChI is InChI=1S/C32H65N2O7P/c1-5-6-7-8-9-10-11-12-13-14-15-16-17-18-19-23-27-38-29-31(41-32(35)33-24-21-20-22-25-33)30-40-42(36,37)39-28-26-34(2,3)4/h31H,5-30H2,1-4H3/p+1. The number of amides is 1. The van der Waals surface area contributed by atoms with Gasteiger partial charge in [-0.3, -0.25) is 9.05 Å². The van der Waals surface area contributed by atoms with Crippen LogP contribution in [0.2, 0.25) is 0 Å². The first-order valence-corrected chi connectivity index (χ1v) is 18.6. The maximum atomic E-state index is 12.6. The van der Waals surface area contributed by atoms with Crippen LogP contribution in [0.3, 0.4) is 0 Å². The van der Waals surface area contributed by atoms with E-state index in [0.717, 1.165) is 32.1 Å². The summed E-state index contributed by atoms with van der Waals surface area (Å²) in [4.78, 5) is 24.4. The van der Waals surface area contributed by atoms with Crippen molar-refractivity contribution in [2.24, 2.45) is 0 Å². The monoisotopic (exact) mass is 621 g/mol. The number of phosphoric acid groups is 1. The van der Waals surface area contributed by atoms with Crippen LogP contribution < -0.4 is 0 Å². The number of unbranched alkanes of at least 4 members (excludes halogenated alkanes) is 15. The number of phosphoric ester groups is 1. The van der Waals surface area contributed by atoms with Gasteiger partial charge in [0.2, 0.25) is 0 Å². The van der Waals surface area contributed by atoms with E-state index in [-0.39, 0.29) is 19.8 Å². The Labute approximate surface area is 258 Å². The summed E-state index contributed by atoms with van der Waals surface area (Å²) in [6.45, 7) is 4.68. The summed E-state index contributed by atoms with van der Waals surface area (Å²) in [6, 6.07) is 0. The van der Waals surface area contributed by atoms with Gasteiger partial charge < -0.3 is 23.8 Å². The molecule has 2 unspecified atom stereocenters. The number of likely N-dealkylation sites (tertiary alicyclic amines) is 1. The van der Waals surface area contributed by atoms with Crippen molar-refractivity contribution in [3.8, 4) is 0 Å². The third-order valence-corrected chi connectivity index (χ3v) is 8.75. The molecule has 1 saturated heterocycles. The normalized spacial score (nSPS) is 16.4. The third-order valence-electron chi connectivity index (χ3n) is 7.77. The predicted molar refractivity (Wildman–Crippen MR) is 171 cm³/mol. The van der Waals surface area contributed by atoms with Crippen LogP contribution in [0.5, 0.6) is 0 Å². The van der Waals surface area contributed by atoms with Crippen molar-refractivity contribution in [2.45, 2.75) is 135 Å². The Kier molecular flexibility index (Phi) is 23.0. The lowest BCUT2D eigenvalue weighted by Gasteiger charge is -2.28. The molecule has 1 aliphatic rings. The number of quaternary nitrogens is 1. The minimum atomic E-state index is -4.26. The molecule has 0 radical (unpaired) electrons. The first-order valence-electron chi connectivity index (χ1n) is 17.1. The highest BCUT2D eigenvalue weighted by Crippen LogP contribution is 2.43. The molecule has 1 aliphatic heterocycles. The molecular weight excluding hydrogens is 555 g/mol. The summed E-state index contributed by atoms with van der Waals surface area (Å²) >= 11 is 0. The van der Waals surface area contributed by atoms with Crippen molar-refractivity contribution in [3.05, 3.63) is 0 Å². The lowest BCUT2D eigenvalue weighted by Crippen LogP contribution is -2.40. The van der Waals surface area contributed by atoms with E-state index in [1.54, 1.807) is 4.90 Å². The van der Waals surface area contributed by atoms with Gasteiger partial charge in [-0.2, -0.15) is 0 Å². The Morgan fingerprint density at radius 1 is 0.738 bits per heavy atom. The van der Waals surface area contributed by atoms with Crippen molar-refractivity contribution in [1.82, 2.24) is 4.90 Å². The maximum absolute atomic E-state index is 12.6. The molecule has 10 heteroatoms. The van der Waals surface area contributed by atoms with Crippen LogP contribution >= 0.6 is 7.82 Å². The minimum absolute atomic E-state index is 0.0886. The number of ether oxygens (including phenoxy) is 2. The van der Waals surface area contributed by atoms with Crippen LogP contribution in [-0.2, 0) is 23.1 Å². The van der Waals surface area contributed by atoms with E-state index in [4.69, 9.17) is 18.5 Å². The molecule has 2 atom stereocenters. The van der Waals surface area contributed by atoms with Crippen LogP contribution in [0, 0.1) is 0 Å². The molecule has 1 amide bonds. The smallest absolute Gasteiger partial charge is 0.441 e. The van der Waals surface area contributed by atoms with Gasteiger partial charge in [-0.05, 0) is 25.7 Å². The molecule has 0 saturated carbocycles. The molecule has 0 aliphatic carbocycles. The number of carbonyl (C=O) groups excluding carboxylic acids is 1. The van der Waals surface area contributed by atoms with Crippen molar-refractivity contribution >= 4 is 13.9 Å². The number of carbonyl (C=O) groups is 1. The van der Waals surface area contributed by atoms with E-state index >= 15 is 0 Å². The highest BCUT2D eigenvalue weighted by molar-refractivity contribution is 7.47. The average Bonchev–Trinajstić information content (AvgIpc) is 2.94. The maximum Gasteiger partial charge on any atom is 0.472 e. The van der Waals surface area contributed by atoms with Gasteiger partial charge in [-0.1, -0.05) is 103 Å². The van der Waals surface area contributed by atoms with Gasteiger partial charge in [0.25, 0.3) is 0 Å². The molecule has 9 nitrogen and oxygen atoms in total. The second kappa shape index (κ2) is 24.6. The Balaban J connectivity index is 2.18. The van der Waals surface area contributed by atoms with Crippen molar-refractivity contribution < 1.29 is 37.3 Å². The van der Waals surface area contributed by atoms with Gasteiger partial charge in [0.1, 0.15) is 13.2 Å². The number of hydrogen-bond acceptors (Lipinski definition) is 6. The molecule has 1 fully saturated rings. The average molecular weight is 622 g/mol. The number of piperidine rings is 1. The van der Waals surface area contributed by atoms with E-state index in [1.807, 2.05) is 21.1 Å². The van der Waals surface area contributed by atoms with E-state index in [9.17, 15) is 14.3 Å². The van der Waals surface area contributed by atoms with E-state index in [1.165, 1.54) is 89.9 Å². The molecule has 0 spiro atoms. The molecule has 42 heavy (non-hydrogen) atoms. The van der Waals surface area contributed by atoms with Gasteiger partial charge >= 0.3 is 13.9 Å². The lowest BCUT2D eigenvalue weighted by atomic mass is 10.0. The van der Waals surface area contributed by atoms with E-state index < -0.39 is 20.0 Å². The van der Waals surface area contributed by atoms with Crippen LogP contribution in [0.4, 0.5) is 4.79 Å². The summed E-state index contributed by atoms with van der Waals surface area (Å²) < 4.78 is 34.7. The fraction of sp³-hybridized carbons (Fsp3) is 0.969. The first kappa shape index (κ1) is 39.3. The Hall–Kier alpha value is -0.700. The van der Waals surface area contributed by atoms with Crippen LogP contribution in [0.15, 0.2) is 0 Å². The molecule has 1 heterocycles. The van der Waals surface area contributed by atoms with Gasteiger partial charge in [0, 0.05) is 19.7 Å². The zero-order valence-corrected chi connectivity index (χ0v) is 28.6. The summed E-state index contributed by atoms with van der Waals surface area (Å²) in [5, 5.41) is 0. The molecule has 0 aromatic carbocycles. The number of likely N-dealkylation sites (N-methyl/N-ethyl adjacent to an activating group) is 1. The second-order valence-corrected chi connectivity index (χ2v) is 14.5. The topological polar surface area (TPSA) is 94.5 Å². The lowest BCUT2D eigenvalue weighted by molar-refractivity contribution is -0.870. The molecule has 0 bridgehead atoms. The van der Waals surface area contributed by atoms with Gasteiger partial charge in [-0.15, -0.1) is 0 Å². The molecule has 0 aromatic rings. The molecule has 0 aromatic heterocycles. The summed E-state index contributed by atoms with van der Waals surface area (Å²) in [7, 11) is 1.66. The van der Waals surface area contributed by atoms with Crippen LogP contribution in [-0.4, -0.2) is 93.7 Å². The van der Waals surface area contributed by atoms with Gasteiger partial charge in [0.05, 0.1) is 34.4 Å². The van der Waals surface area contributed by atoms with Crippen molar-refractivity contribution in [3.63, 3.8) is 0 Å². The van der Waals surface area contributed by atoms with Crippen molar-refractivity contribution in [1.29, 1.82) is 0 Å². The van der Waals surface area contributed by atoms with Gasteiger partial charge in [0.15, 0.2) is 6.10 Å². The number of rotatable bonds is 27. The van der Waals surface area contributed by atoms with Gasteiger partial charge in [-0.25, -0.2) is 9.36 Å². The Morgan fingerprint density at radius 3 is 1.74 bits per heavy atom. The zero-order valence-electron chi connectivity index (χ0n) is 27.7. The van der Waals surface area contributed by atoms with E-state index in [2.05, 4.69) is 6.92 Å². The van der Waals surface area contributed by atoms with Crippen LogP contribution in [0.1, 0.15) is 129 Å². The summed E-state index contributed by atoms with van der Waals surface area (Å²) in [6.07, 6.45) is 22.9. The fourth-order valence-corrected chi connectivity index (χ4v) is 5.76. The highest BCUT2D eigenvalue weighted by atomic mass is 31.2. The zero-order chi connectivity index (χ0) is 30.9. The second-order valence-electron chi connectivity index (χ2n) is 13.0. The quantitative estimate of drug-likeness (QED) is 0.0563. The Morgan fingerprint density at radius 2 is 1.24 bits per heavy atom. The third kappa shape index (κ3) is 23.7. The Bertz CT molecular complexity index is 699. The highest BCUT2D eigenvalue weighted by Gasteiger charge is 2.28. The van der Waals surface area contributed by atoms with E-state index in [0.29, 0.717) is 30.7 Å². The predicted octanol–water partition coefficient (Wildman–Crippen LogP) is 8.10.